The molecule has 0 unspecified atom stereocenters. The Kier molecular flexibility index (Phi) is 5.55. The van der Waals surface area contributed by atoms with E-state index in [0.717, 1.165) is 30.2 Å². The van der Waals surface area contributed by atoms with Crippen LogP contribution in [0.15, 0.2) is 59.7 Å². The van der Waals surface area contributed by atoms with Crippen LogP contribution in [0.25, 0.3) is 16.9 Å². The third-order valence-electron chi connectivity index (χ3n) is 5.83. The number of aromatic nitrogens is 6. The van der Waals surface area contributed by atoms with Crippen LogP contribution in [0.4, 0.5) is 5.82 Å². The summed E-state index contributed by atoms with van der Waals surface area (Å²) in [6.07, 6.45) is 2.26. The van der Waals surface area contributed by atoms with E-state index in [0.29, 0.717) is 31.0 Å². The summed E-state index contributed by atoms with van der Waals surface area (Å²) < 4.78 is 3.09. The van der Waals surface area contributed by atoms with Crippen LogP contribution in [0.5, 0.6) is 0 Å². The number of carbonyl (C=O) groups is 1. The van der Waals surface area contributed by atoms with Crippen molar-refractivity contribution in [1.29, 1.82) is 0 Å². The number of hydrogen-bond donors (Lipinski definition) is 0. The van der Waals surface area contributed by atoms with Gasteiger partial charge in [0.15, 0.2) is 11.5 Å². The lowest BCUT2D eigenvalue weighted by atomic mass is 10.1. The van der Waals surface area contributed by atoms with E-state index < -0.39 is 0 Å². The zero-order chi connectivity index (χ0) is 22.8. The molecule has 1 saturated heterocycles. The Balaban J connectivity index is 1.25. The fourth-order valence-electron chi connectivity index (χ4n) is 4.01. The summed E-state index contributed by atoms with van der Waals surface area (Å²) >= 11 is 0. The number of fused-ring (bicyclic) bond motifs is 1. The van der Waals surface area contributed by atoms with Gasteiger partial charge in [-0.3, -0.25) is 14.2 Å². The molecule has 0 radical (unpaired) electrons. The Labute approximate surface area is 190 Å². The molecule has 1 aromatic carbocycles. The normalized spacial score (nSPS) is 14.5. The topological polar surface area (TPSA) is 102 Å². The van der Waals surface area contributed by atoms with E-state index in [1.807, 2.05) is 49.4 Å². The van der Waals surface area contributed by atoms with Crippen LogP contribution < -0.4 is 10.5 Å². The average Bonchev–Trinajstić information content (AvgIpc) is 3.05. The van der Waals surface area contributed by atoms with Crippen molar-refractivity contribution >= 4 is 17.4 Å². The zero-order valence-electron chi connectivity index (χ0n) is 18.3. The van der Waals surface area contributed by atoms with Crippen molar-refractivity contribution in [3.63, 3.8) is 0 Å². The molecule has 0 bridgehead atoms. The van der Waals surface area contributed by atoms with Gasteiger partial charge in [0.05, 0.1) is 12.0 Å². The predicted molar refractivity (Wildman–Crippen MR) is 123 cm³/mol. The lowest BCUT2D eigenvalue weighted by Crippen LogP contribution is -2.39. The van der Waals surface area contributed by atoms with E-state index in [1.165, 1.54) is 17.0 Å². The number of anilines is 1. The van der Waals surface area contributed by atoms with Crippen LogP contribution in [-0.2, 0) is 11.3 Å². The second kappa shape index (κ2) is 8.81. The molecule has 3 aromatic heterocycles. The molecule has 0 N–H and O–H groups in total. The van der Waals surface area contributed by atoms with Crippen molar-refractivity contribution in [2.75, 3.05) is 31.1 Å². The number of aryl methyl sites for hydroxylation is 1. The number of nitrogens with zero attached hydrogens (tertiary/aromatic N) is 8. The van der Waals surface area contributed by atoms with Gasteiger partial charge in [-0.15, -0.1) is 15.3 Å². The van der Waals surface area contributed by atoms with Gasteiger partial charge >= 0.3 is 0 Å². The minimum absolute atomic E-state index is 0.0228. The first-order valence-corrected chi connectivity index (χ1v) is 10.9. The fourth-order valence-corrected chi connectivity index (χ4v) is 4.01. The van der Waals surface area contributed by atoms with Crippen LogP contribution >= 0.6 is 0 Å². The largest absolute Gasteiger partial charge is 0.353 e. The van der Waals surface area contributed by atoms with E-state index in [1.54, 1.807) is 9.42 Å². The van der Waals surface area contributed by atoms with E-state index in [2.05, 4.69) is 25.2 Å². The average molecular weight is 444 g/mol. The summed E-state index contributed by atoms with van der Waals surface area (Å²) in [5.41, 5.74) is 1.94. The fraction of sp³-hybridized carbons (Fsp3) is 0.304. The van der Waals surface area contributed by atoms with Crippen molar-refractivity contribution in [3.05, 3.63) is 71.0 Å². The highest BCUT2D eigenvalue weighted by molar-refractivity contribution is 5.76. The minimum atomic E-state index is -0.240. The maximum atomic E-state index is 12.9. The molecule has 1 amide bonds. The van der Waals surface area contributed by atoms with Crippen LogP contribution in [-0.4, -0.2) is 66.3 Å². The van der Waals surface area contributed by atoms with Gasteiger partial charge in [0.1, 0.15) is 12.4 Å². The van der Waals surface area contributed by atoms with Crippen LogP contribution in [0.2, 0.25) is 0 Å². The van der Waals surface area contributed by atoms with Crippen molar-refractivity contribution in [2.24, 2.45) is 0 Å². The Morgan fingerprint density at radius 3 is 2.67 bits per heavy atom. The van der Waals surface area contributed by atoms with Gasteiger partial charge in [-0.2, -0.15) is 4.52 Å². The molecule has 1 aliphatic rings. The molecule has 10 nitrogen and oxygen atoms in total. The second-order valence-electron chi connectivity index (χ2n) is 8.04. The van der Waals surface area contributed by atoms with Gasteiger partial charge in [-0.25, -0.2) is 4.98 Å². The van der Waals surface area contributed by atoms with Crippen molar-refractivity contribution in [1.82, 2.24) is 34.3 Å². The van der Waals surface area contributed by atoms with Crippen LogP contribution in [0, 0.1) is 6.92 Å². The molecule has 10 heteroatoms. The van der Waals surface area contributed by atoms with Crippen molar-refractivity contribution in [3.8, 4) is 11.3 Å². The number of hydrogen-bond acceptors (Lipinski definition) is 7. The SMILES string of the molecule is Cc1nnc2ccc(N3CCCN(C(=O)Cn4cnc(-c5ccccc5)cc4=O)CC3)nn12. The molecule has 168 valence electrons. The summed E-state index contributed by atoms with van der Waals surface area (Å²) in [6, 6.07) is 14.8. The van der Waals surface area contributed by atoms with Crippen LogP contribution in [0.1, 0.15) is 12.2 Å². The van der Waals surface area contributed by atoms with Gasteiger partial charge in [0.2, 0.25) is 5.91 Å². The zero-order valence-corrected chi connectivity index (χ0v) is 18.3. The first-order chi connectivity index (χ1) is 16.1. The highest BCUT2D eigenvalue weighted by Gasteiger charge is 2.21. The first kappa shape index (κ1) is 20.8. The molecule has 5 rings (SSSR count). The molecule has 1 aliphatic heterocycles. The van der Waals surface area contributed by atoms with Crippen molar-refractivity contribution < 1.29 is 4.79 Å². The highest BCUT2D eigenvalue weighted by Crippen LogP contribution is 2.16. The quantitative estimate of drug-likeness (QED) is 0.469. The summed E-state index contributed by atoms with van der Waals surface area (Å²) in [5, 5.41) is 12.8. The first-order valence-electron chi connectivity index (χ1n) is 10.9. The van der Waals surface area contributed by atoms with Gasteiger partial charge in [-0.05, 0) is 25.5 Å². The summed E-state index contributed by atoms with van der Waals surface area (Å²) in [5.74, 6) is 1.47. The molecule has 0 atom stereocenters. The monoisotopic (exact) mass is 444 g/mol. The maximum absolute atomic E-state index is 12.9. The summed E-state index contributed by atoms with van der Waals surface area (Å²) in [4.78, 5) is 33.8. The van der Waals surface area contributed by atoms with Gasteiger partial charge in [0, 0.05) is 37.8 Å². The number of carbonyl (C=O) groups excluding carboxylic acids is 1. The third-order valence-corrected chi connectivity index (χ3v) is 5.83. The summed E-state index contributed by atoms with van der Waals surface area (Å²) in [6.45, 7) is 4.48. The standard InChI is InChI=1S/C23H24N8O2/c1-17-25-26-20-8-9-21(27-31(17)20)28-10-5-11-29(13-12-28)23(33)15-30-16-24-19(14-22(30)32)18-6-3-2-4-7-18/h2-4,6-9,14,16H,5,10-13,15H2,1H3. The van der Waals surface area contributed by atoms with Crippen LogP contribution in [0.3, 0.4) is 0 Å². The Morgan fingerprint density at radius 1 is 1.00 bits per heavy atom. The van der Waals surface area contributed by atoms with E-state index in [-0.39, 0.29) is 18.0 Å². The van der Waals surface area contributed by atoms with Gasteiger partial charge in [0.25, 0.3) is 5.56 Å². The molecule has 0 aliphatic carbocycles. The number of amides is 1. The molecule has 0 spiro atoms. The molecule has 1 fully saturated rings. The molecular formula is C23H24N8O2. The van der Waals surface area contributed by atoms with Gasteiger partial charge in [-0.1, -0.05) is 30.3 Å². The highest BCUT2D eigenvalue weighted by atomic mass is 16.2. The second-order valence-corrected chi connectivity index (χ2v) is 8.04. The van der Waals surface area contributed by atoms with E-state index in [4.69, 9.17) is 0 Å². The van der Waals surface area contributed by atoms with E-state index >= 15 is 0 Å². The lowest BCUT2D eigenvalue weighted by molar-refractivity contribution is -0.131. The smallest absolute Gasteiger partial charge is 0.254 e. The minimum Gasteiger partial charge on any atom is -0.353 e. The molecular weight excluding hydrogens is 420 g/mol. The Morgan fingerprint density at radius 2 is 1.85 bits per heavy atom. The third kappa shape index (κ3) is 4.32. The van der Waals surface area contributed by atoms with Crippen molar-refractivity contribution in [2.45, 2.75) is 19.9 Å². The Hall–Kier alpha value is -4.08. The lowest BCUT2D eigenvalue weighted by Gasteiger charge is -2.23. The van der Waals surface area contributed by atoms with E-state index in [9.17, 15) is 9.59 Å². The molecule has 0 saturated carbocycles. The summed E-state index contributed by atoms with van der Waals surface area (Å²) in [7, 11) is 0. The molecule has 33 heavy (non-hydrogen) atoms. The Bertz CT molecular complexity index is 1350. The predicted octanol–water partition coefficient (Wildman–Crippen LogP) is 1.40. The molecule has 4 heterocycles. The molecule has 4 aromatic rings. The number of rotatable bonds is 4. The number of benzene rings is 1. The maximum Gasteiger partial charge on any atom is 0.254 e. The van der Waals surface area contributed by atoms with Gasteiger partial charge < -0.3 is 9.80 Å².